The van der Waals surface area contributed by atoms with Gasteiger partial charge in [-0.05, 0) is 41.5 Å². The molecule has 174 valence electrons. The number of fused-ring (bicyclic) bond motifs is 1. The first-order valence-electron chi connectivity index (χ1n) is 8.81. The second-order valence-electron chi connectivity index (χ2n) is 7.13. The summed E-state index contributed by atoms with van der Waals surface area (Å²) in [6.45, 7) is 0. The molecule has 0 saturated heterocycles. The molecule has 3 unspecified atom stereocenters. The van der Waals surface area contributed by atoms with Crippen LogP contribution in [-0.2, 0) is 23.3 Å². The van der Waals surface area contributed by atoms with Crippen molar-refractivity contribution in [3.63, 3.8) is 0 Å². The van der Waals surface area contributed by atoms with Gasteiger partial charge in [-0.2, -0.15) is 39.5 Å². The molecular formula is C20H13F9O3. The summed E-state index contributed by atoms with van der Waals surface area (Å²) in [4.78, 5) is 12.7. The van der Waals surface area contributed by atoms with Gasteiger partial charge in [-0.15, -0.1) is 0 Å². The van der Waals surface area contributed by atoms with Crippen molar-refractivity contribution in [2.45, 2.75) is 30.7 Å². The van der Waals surface area contributed by atoms with Gasteiger partial charge in [0, 0.05) is 12.7 Å². The molecule has 12 heteroatoms. The maximum atomic E-state index is 13.2. The van der Waals surface area contributed by atoms with Crippen molar-refractivity contribution in [3.05, 3.63) is 69.8 Å². The molecule has 0 saturated carbocycles. The Morgan fingerprint density at radius 1 is 0.812 bits per heavy atom. The van der Waals surface area contributed by atoms with Crippen LogP contribution >= 0.6 is 0 Å². The van der Waals surface area contributed by atoms with E-state index in [9.17, 15) is 49.4 Å². The van der Waals surface area contributed by atoms with Crippen molar-refractivity contribution < 1.29 is 54.2 Å². The van der Waals surface area contributed by atoms with Crippen LogP contribution in [0.15, 0.2) is 36.4 Å². The Kier molecular flexibility index (Phi) is 5.84. The minimum Gasteiger partial charge on any atom is -0.388 e. The van der Waals surface area contributed by atoms with E-state index < -0.39 is 70.3 Å². The molecule has 2 aromatic carbocycles. The lowest BCUT2D eigenvalue weighted by Gasteiger charge is -2.26. The van der Waals surface area contributed by atoms with Crippen molar-refractivity contribution in [2.24, 2.45) is 5.92 Å². The number of aliphatic hydroxyl groups excluding tert-OH is 1. The van der Waals surface area contributed by atoms with E-state index in [0.717, 1.165) is 13.2 Å². The maximum Gasteiger partial charge on any atom is 0.416 e. The molecule has 2 aromatic rings. The minimum atomic E-state index is -5.17. The fraction of sp³-hybridized carbons (Fsp3) is 0.350. The molecule has 0 amide bonds. The number of hydrogen-bond donors (Lipinski definition) is 1. The second kappa shape index (κ2) is 7.77. The highest BCUT2D eigenvalue weighted by molar-refractivity contribution is 6.03. The number of ketones is 1. The number of carbonyl (C=O) groups excluding carboxylic acids is 1. The molecule has 0 bridgehead atoms. The predicted molar refractivity (Wildman–Crippen MR) is 90.4 cm³/mol. The largest absolute Gasteiger partial charge is 0.416 e. The lowest BCUT2D eigenvalue weighted by atomic mass is 9.88. The van der Waals surface area contributed by atoms with Gasteiger partial charge in [0.2, 0.25) is 0 Å². The van der Waals surface area contributed by atoms with Gasteiger partial charge in [-0.3, -0.25) is 4.79 Å². The Bertz CT molecular complexity index is 1010. The normalized spacial score (nSPS) is 20.4. The fourth-order valence-corrected chi connectivity index (χ4v) is 3.66. The molecule has 0 radical (unpaired) electrons. The van der Waals surface area contributed by atoms with E-state index in [1.54, 1.807) is 0 Å². The van der Waals surface area contributed by atoms with E-state index in [0.29, 0.717) is 24.3 Å². The number of carbonyl (C=O) groups is 1. The summed E-state index contributed by atoms with van der Waals surface area (Å²) in [5, 5.41) is 10.5. The van der Waals surface area contributed by atoms with Crippen molar-refractivity contribution >= 4 is 5.78 Å². The van der Waals surface area contributed by atoms with Gasteiger partial charge < -0.3 is 9.84 Å². The Balaban J connectivity index is 2.11. The minimum absolute atomic E-state index is 0.118. The van der Waals surface area contributed by atoms with Crippen LogP contribution in [0, 0.1) is 5.92 Å². The molecule has 0 spiro atoms. The first-order valence-corrected chi connectivity index (χ1v) is 8.81. The van der Waals surface area contributed by atoms with Crippen LogP contribution in [-0.4, -0.2) is 18.0 Å². The van der Waals surface area contributed by atoms with Gasteiger partial charge in [-0.25, -0.2) is 0 Å². The summed E-state index contributed by atoms with van der Waals surface area (Å²) in [6, 6.07) is 2.45. The van der Waals surface area contributed by atoms with Gasteiger partial charge in [-0.1, -0.05) is 6.07 Å². The average Bonchev–Trinajstić information content (AvgIpc) is 2.91. The lowest BCUT2D eigenvalue weighted by Crippen LogP contribution is -2.25. The smallest absolute Gasteiger partial charge is 0.388 e. The number of ether oxygens (including phenoxy) is 1. The zero-order chi connectivity index (χ0) is 24.2. The van der Waals surface area contributed by atoms with E-state index in [1.165, 1.54) is 0 Å². The fourth-order valence-electron chi connectivity index (χ4n) is 3.66. The van der Waals surface area contributed by atoms with E-state index in [1.807, 2.05) is 0 Å². The highest BCUT2D eigenvalue weighted by atomic mass is 19.4. The first-order chi connectivity index (χ1) is 14.6. The highest BCUT2D eigenvalue weighted by Crippen LogP contribution is 2.47. The Morgan fingerprint density at radius 2 is 1.31 bits per heavy atom. The Hall–Kier alpha value is -2.60. The molecule has 1 N–H and O–H groups in total. The number of hydrogen-bond acceptors (Lipinski definition) is 3. The Labute approximate surface area is 174 Å². The van der Waals surface area contributed by atoms with Gasteiger partial charge in [0.25, 0.3) is 0 Å². The number of halogens is 9. The molecule has 0 fully saturated rings. The van der Waals surface area contributed by atoms with E-state index in [2.05, 4.69) is 0 Å². The van der Waals surface area contributed by atoms with Gasteiger partial charge in [0.15, 0.2) is 5.78 Å². The Morgan fingerprint density at radius 3 is 1.75 bits per heavy atom. The summed E-state index contributed by atoms with van der Waals surface area (Å²) < 4.78 is 123. The molecular weight excluding hydrogens is 459 g/mol. The number of benzene rings is 2. The summed E-state index contributed by atoms with van der Waals surface area (Å²) in [7, 11) is 0.891. The van der Waals surface area contributed by atoms with Crippen LogP contribution in [0.3, 0.4) is 0 Å². The zero-order valence-electron chi connectivity index (χ0n) is 15.9. The number of rotatable bonds is 3. The van der Waals surface area contributed by atoms with E-state index in [4.69, 9.17) is 4.74 Å². The standard InChI is InChI=1S/C20H13F9O3/c1-32-17(8-4-10(19(24,25)26)6-11(5-8)20(27,28)29)14-15(30)12-3-2-9(18(21,22)23)7-13(12)16(14)31/h2-7,14,16-17,31H,1H3. The summed E-state index contributed by atoms with van der Waals surface area (Å²) in [5.41, 5.74) is -6.00. The van der Waals surface area contributed by atoms with E-state index >= 15 is 0 Å². The zero-order valence-corrected chi connectivity index (χ0v) is 15.9. The van der Waals surface area contributed by atoms with Gasteiger partial charge in [0.05, 0.1) is 34.8 Å². The number of Topliss-reactive ketones (excluding diaryl/α,β-unsaturated/α-hetero) is 1. The average molecular weight is 472 g/mol. The molecule has 3 rings (SSSR count). The number of alkyl halides is 9. The second-order valence-corrected chi connectivity index (χ2v) is 7.13. The summed E-state index contributed by atoms with van der Waals surface area (Å²) in [5.74, 6) is -2.73. The lowest BCUT2D eigenvalue weighted by molar-refractivity contribution is -0.143. The first kappa shape index (κ1) is 24.1. The molecule has 32 heavy (non-hydrogen) atoms. The van der Waals surface area contributed by atoms with Crippen molar-refractivity contribution in [3.8, 4) is 0 Å². The van der Waals surface area contributed by atoms with Gasteiger partial charge >= 0.3 is 18.5 Å². The van der Waals surface area contributed by atoms with E-state index in [-0.39, 0.29) is 11.6 Å². The van der Waals surface area contributed by atoms with Crippen molar-refractivity contribution in [1.82, 2.24) is 0 Å². The molecule has 1 aliphatic carbocycles. The maximum absolute atomic E-state index is 13.2. The molecule has 3 atom stereocenters. The van der Waals surface area contributed by atoms with Crippen LogP contribution in [0.25, 0.3) is 0 Å². The molecule has 1 aliphatic rings. The quantitative estimate of drug-likeness (QED) is 0.560. The summed E-state index contributed by atoms with van der Waals surface area (Å²) >= 11 is 0. The molecule has 0 aliphatic heterocycles. The van der Waals surface area contributed by atoms with Crippen molar-refractivity contribution in [2.75, 3.05) is 7.11 Å². The third-order valence-corrected chi connectivity index (χ3v) is 5.12. The van der Waals surface area contributed by atoms with Crippen LogP contribution in [0.5, 0.6) is 0 Å². The highest BCUT2D eigenvalue weighted by Gasteiger charge is 2.47. The molecule has 3 nitrogen and oxygen atoms in total. The number of aliphatic hydroxyl groups is 1. The third-order valence-electron chi connectivity index (χ3n) is 5.12. The number of methoxy groups -OCH3 is 1. The van der Waals surface area contributed by atoms with Crippen LogP contribution in [0.4, 0.5) is 39.5 Å². The predicted octanol–water partition coefficient (Wildman–Crippen LogP) is 5.98. The SMILES string of the molecule is COC(c1cc(C(F)(F)F)cc(C(F)(F)F)c1)C1C(=O)c2ccc(C(F)(F)F)cc2C1O. The van der Waals surface area contributed by atoms with Crippen LogP contribution in [0.1, 0.15) is 50.4 Å². The van der Waals surface area contributed by atoms with Crippen molar-refractivity contribution in [1.29, 1.82) is 0 Å². The molecule has 0 heterocycles. The monoisotopic (exact) mass is 472 g/mol. The van der Waals surface area contributed by atoms with Crippen LogP contribution in [0.2, 0.25) is 0 Å². The van der Waals surface area contributed by atoms with Crippen LogP contribution < -0.4 is 0 Å². The third kappa shape index (κ3) is 4.33. The topological polar surface area (TPSA) is 46.5 Å². The van der Waals surface area contributed by atoms with Gasteiger partial charge in [0.1, 0.15) is 0 Å². The summed E-state index contributed by atoms with van der Waals surface area (Å²) in [6.07, 6.45) is -18.9. The molecule has 0 aromatic heterocycles.